The van der Waals surface area contributed by atoms with Crippen molar-refractivity contribution in [1.29, 1.82) is 0 Å². The molecule has 32 heavy (non-hydrogen) atoms. The molecule has 1 heterocycles. The number of para-hydroxylation sites is 2. The fraction of sp³-hybridized carbons (Fsp3) is 0.417. The quantitative estimate of drug-likeness (QED) is 0.170. The molecule has 174 valence electrons. The number of aliphatic imine (C=N–C) groups is 1. The molecule has 0 aliphatic carbocycles. The van der Waals surface area contributed by atoms with E-state index in [9.17, 15) is 0 Å². The van der Waals surface area contributed by atoms with Gasteiger partial charge in [0.05, 0.1) is 24.8 Å². The third-order valence-electron chi connectivity index (χ3n) is 5.07. The molecular weight excluding hydrogens is 517 g/mol. The SMILES string of the molecule is CCNC(=NCc1nc2ccccc2n1C)NCCCc1ccc(OC)c(OCC)c1.I. The largest absolute Gasteiger partial charge is 0.493 e. The highest BCUT2D eigenvalue weighted by molar-refractivity contribution is 14.0. The summed E-state index contributed by atoms with van der Waals surface area (Å²) in [5.41, 5.74) is 3.35. The molecule has 8 heteroatoms. The number of aryl methyl sites for hydroxylation is 2. The maximum absolute atomic E-state index is 5.67. The Morgan fingerprint density at radius 3 is 2.62 bits per heavy atom. The lowest BCUT2D eigenvalue weighted by atomic mass is 10.1. The number of guanidine groups is 1. The Bertz CT molecular complexity index is 1020. The number of methoxy groups -OCH3 is 1. The van der Waals surface area contributed by atoms with Crippen molar-refractivity contribution in [1.82, 2.24) is 20.2 Å². The summed E-state index contributed by atoms with van der Waals surface area (Å²) in [6.45, 7) is 6.82. The van der Waals surface area contributed by atoms with Crippen LogP contribution in [0, 0.1) is 0 Å². The van der Waals surface area contributed by atoms with Crippen LogP contribution in [0.3, 0.4) is 0 Å². The van der Waals surface area contributed by atoms with Crippen LogP contribution in [0.1, 0.15) is 31.7 Å². The van der Waals surface area contributed by atoms with Crippen molar-refractivity contribution >= 4 is 41.0 Å². The van der Waals surface area contributed by atoms with Gasteiger partial charge in [-0.3, -0.25) is 0 Å². The Morgan fingerprint density at radius 2 is 1.91 bits per heavy atom. The van der Waals surface area contributed by atoms with Gasteiger partial charge < -0.3 is 24.7 Å². The number of hydrogen-bond acceptors (Lipinski definition) is 4. The highest BCUT2D eigenvalue weighted by Gasteiger charge is 2.08. The van der Waals surface area contributed by atoms with Crippen molar-refractivity contribution in [3.05, 3.63) is 53.9 Å². The molecule has 0 aliphatic heterocycles. The summed E-state index contributed by atoms with van der Waals surface area (Å²) < 4.78 is 13.1. The van der Waals surface area contributed by atoms with Crippen LogP contribution in [0.5, 0.6) is 11.5 Å². The first-order valence-corrected chi connectivity index (χ1v) is 10.9. The summed E-state index contributed by atoms with van der Waals surface area (Å²) in [5, 5.41) is 6.73. The first-order chi connectivity index (χ1) is 15.2. The lowest BCUT2D eigenvalue weighted by molar-refractivity contribution is 0.310. The molecule has 0 bridgehead atoms. The smallest absolute Gasteiger partial charge is 0.191 e. The van der Waals surface area contributed by atoms with E-state index < -0.39 is 0 Å². The van der Waals surface area contributed by atoms with Gasteiger partial charge in [0.15, 0.2) is 17.5 Å². The number of rotatable bonds is 10. The van der Waals surface area contributed by atoms with Gasteiger partial charge in [0.1, 0.15) is 12.4 Å². The minimum Gasteiger partial charge on any atom is -0.493 e. The van der Waals surface area contributed by atoms with Crippen LogP contribution in [0.15, 0.2) is 47.5 Å². The van der Waals surface area contributed by atoms with Gasteiger partial charge in [-0.25, -0.2) is 9.98 Å². The molecule has 2 aromatic carbocycles. The topological polar surface area (TPSA) is 72.7 Å². The summed E-state index contributed by atoms with van der Waals surface area (Å²) in [4.78, 5) is 9.42. The Labute approximate surface area is 207 Å². The number of nitrogens with zero attached hydrogens (tertiary/aromatic N) is 3. The van der Waals surface area contributed by atoms with E-state index in [2.05, 4.69) is 40.3 Å². The van der Waals surface area contributed by atoms with Gasteiger partial charge in [0.2, 0.25) is 0 Å². The lowest BCUT2D eigenvalue weighted by Gasteiger charge is -2.13. The Morgan fingerprint density at radius 1 is 1.09 bits per heavy atom. The number of fused-ring (bicyclic) bond motifs is 1. The molecule has 3 aromatic rings. The molecule has 0 aliphatic rings. The minimum absolute atomic E-state index is 0. The molecule has 0 amide bonds. The van der Waals surface area contributed by atoms with Crippen molar-refractivity contribution in [2.45, 2.75) is 33.2 Å². The van der Waals surface area contributed by atoms with E-state index in [0.29, 0.717) is 13.2 Å². The van der Waals surface area contributed by atoms with E-state index in [1.54, 1.807) is 7.11 Å². The molecule has 3 rings (SSSR count). The van der Waals surface area contributed by atoms with Gasteiger partial charge >= 0.3 is 0 Å². The number of imidazole rings is 1. The average molecular weight is 551 g/mol. The second kappa shape index (κ2) is 13.1. The summed E-state index contributed by atoms with van der Waals surface area (Å²) in [6, 6.07) is 14.3. The van der Waals surface area contributed by atoms with E-state index in [0.717, 1.165) is 60.2 Å². The fourth-order valence-corrected chi connectivity index (χ4v) is 3.47. The fourth-order valence-electron chi connectivity index (χ4n) is 3.47. The van der Waals surface area contributed by atoms with Crippen LogP contribution in [0.2, 0.25) is 0 Å². The molecule has 0 saturated carbocycles. The highest BCUT2D eigenvalue weighted by atomic mass is 127. The third-order valence-corrected chi connectivity index (χ3v) is 5.07. The Hall–Kier alpha value is -2.49. The summed E-state index contributed by atoms with van der Waals surface area (Å²) >= 11 is 0. The van der Waals surface area contributed by atoms with Crippen molar-refractivity contribution < 1.29 is 9.47 Å². The van der Waals surface area contributed by atoms with E-state index in [1.165, 1.54) is 5.56 Å². The van der Waals surface area contributed by atoms with Gasteiger partial charge in [-0.2, -0.15) is 0 Å². The van der Waals surface area contributed by atoms with Crippen LogP contribution in [-0.4, -0.2) is 42.3 Å². The zero-order valence-electron chi connectivity index (χ0n) is 19.4. The standard InChI is InChI=1S/C24H33N5O2.HI/c1-5-25-24(27-17-23-28-19-11-7-8-12-20(19)29(23)3)26-15-9-10-18-13-14-21(30-4)22(16-18)31-6-2;/h7-8,11-14,16H,5-6,9-10,15,17H2,1-4H3,(H2,25,26,27);1H. The van der Waals surface area contributed by atoms with Gasteiger partial charge in [-0.1, -0.05) is 18.2 Å². The average Bonchev–Trinajstić information content (AvgIpc) is 3.11. The number of halogens is 1. The molecule has 0 radical (unpaired) electrons. The molecule has 1 aromatic heterocycles. The molecule has 0 unspecified atom stereocenters. The number of ether oxygens (including phenoxy) is 2. The van der Waals surface area contributed by atoms with E-state index in [4.69, 9.17) is 19.5 Å². The molecule has 0 spiro atoms. The molecule has 0 fully saturated rings. The number of hydrogen-bond donors (Lipinski definition) is 2. The molecular formula is C24H34IN5O2. The third kappa shape index (κ3) is 6.75. The van der Waals surface area contributed by atoms with Gasteiger partial charge in [-0.15, -0.1) is 24.0 Å². The van der Waals surface area contributed by atoms with Gasteiger partial charge in [0, 0.05) is 20.1 Å². The highest BCUT2D eigenvalue weighted by Crippen LogP contribution is 2.28. The van der Waals surface area contributed by atoms with Crippen LogP contribution in [0.25, 0.3) is 11.0 Å². The summed E-state index contributed by atoms with van der Waals surface area (Å²) in [6.07, 6.45) is 1.93. The Kier molecular flexibility index (Phi) is 10.6. The van der Waals surface area contributed by atoms with Gasteiger partial charge in [0.25, 0.3) is 0 Å². The van der Waals surface area contributed by atoms with Gasteiger partial charge in [-0.05, 0) is 56.5 Å². The lowest BCUT2D eigenvalue weighted by Crippen LogP contribution is -2.37. The predicted molar refractivity (Wildman–Crippen MR) is 141 cm³/mol. The molecule has 7 nitrogen and oxygen atoms in total. The van der Waals surface area contributed by atoms with E-state index in [1.807, 2.05) is 38.2 Å². The zero-order valence-corrected chi connectivity index (χ0v) is 21.7. The van der Waals surface area contributed by atoms with Crippen molar-refractivity contribution in [3.8, 4) is 11.5 Å². The predicted octanol–water partition coefficient (Wildman–Crippen LogP) is 4.29. The second-order valence-electron chi connectivity index (χ2n) is 7.22. The molecule has 0 saturated heterocycles. The maximum atomic E-state index is 5.67. The van der Waals surface area contributed by atoms with Crippen molar-refractivity contribution in [2.75, 3.05) is 26.8 Å². The van der Waals surface area contributed by atoms with Crippen molar-refractivity contribution in [2.24, 2.45) is 12.0 Å². The Balaban J connectivity index is 0.00000363. The number of benzene rings is 2. The number of aromatic nitrogens is 2. The van der Waals surface area contributed by atoms with Crippen LogP contribution in [0.4, 0.5) is 0 Å². The second-order valence-corrected chi connectivity index (χ2v) is 7.22. The monoisotopic (exact) mass is 551 g/mol. The van der Waals surface area contributed by atoms with Crippen LogP contribution in [-0.2, 0) is 20.0 Å². The van der Waals surface area contributed by atoms with E-state index in [-0.39, 0.29) is 24.0 Å². The summed E-state index contributed by atoms with van der Waals surface area (Å²) in [7, 11) is 3.70. The number of nitrogens with one attached hydrogen (secondary N) is 2. The summed E-state index contributed by atoms with van der Waals surface area (Å²) in [5.74, 6) is 3.32. The normalized spacial score (nSPS) is 11.2. The maximum Gasteiger partial charge on any atom is 0.191 e. The van der Waals surface area contributed by atoms with Crippen LogP contribution >= 0.6 is 24.0 Å². The first-order valence-electron chi connectivity index (χ1n) is 10.9. The molecule has 0 atom stereocenters. The van der Waals surface area contributed by atoms with Crippen molar-refractivity contribution in [3.63, 3.8) is 0 Å². The first kappa shape index (κ1) is 25.8. The van der Waals surface area contributed by atoms with E-state index >= 15 is 0 Å². The minimum atomic E-state index is 0. The zero-order chi connectivity index (χ0) is 22.1. The van der Waals surface area contributed by atoms with Crippen LogP contribution < -0.4 is 20.1 Å². The molecule has 2 N–H and O–H groups in total.